The average Bonchev–Trinajstić information content (AvgIpc) is 2.97. The van der Waals surface area contributed by atoms with Crippen molar-refractivity contribution in [2.45, 2.75) is 6.54 Å². The molecule has 3 rings (SSSR count). The number of halogens is 1. The summed E-state index contributed by atoms with van der Waals surface area (Å²) in [5.74, 6) is 0. The monoisotopic (exact) mass is 375 g/mol. The van der Waals surface area contributed by atoms with E-state index in [1.807, 2.05) is 12.1 Å². The van der Waals surface area contributed by atoms with Crippen LogP contribution in [0.5, 0.6) is 0 Å². The molecule has 0 saturated carbocycles. The standard InChI is InChI=1S/C15H14BrN5O2/c16-13-3-1-12(2-4-13)9-19-10-17-20(11-19)18-14-5-7-15(8-6-14)21(22)23/h1-8,10,18H,9,11H2. The Morgan fingerprint density at radius 1 is 1.17 bits per heavy atom. The Bertz CT molecular complexity index is 718. The minimum atomic E-state index is -0.419. The topological polar surface area (TPSA) is 74.0 Å². The number of nitrogens with one attached hydrogen (secondary N) is 1. The van der Waals surface area contributed by atoms with Crippen LogP contribution in [0.2, 0.25) is 0 Å². The van der Waals surface area contributed by atoms with Crippen molar-refractivity contribution in [1.82, 2.24) is 10.0 Å². The summed E-state index contributed by atoms with van der Waals surface area (Å²) in [5.41, 5.74) is 5.10. The van der Waals surface area contributed by atoms with E-state index in [0.717, 1.165) is 16.7 Å². The highest BCUT2D eigenvalue weighted by Crippen LogP contribution is 2.18. The zero-order chi connectivity index (χ0) is 16.2. The van der Waals surface area contributed by atoms with Crippen molar-refractivity contribution in [1.29, 1.82) is 0 Å². The van der Waals surface area contributed by atoms with E-state index in [4.69, 9.17) is 0 Å². The SMILES string of the molecule is O=[N+]([O-])c1ccc(NN2CN(Cc3ccc(Br)cc3)C=N2)cc1. The Morgan fingerprint density at radius 3 is 2.52 bits per heavy atom. The van der Waals surface area contributed by atoms with E-state index in [0.29, 0.717) is 6.67 Å². The molecule has 0 radical (unpaired) electrons. The van der Waals surface area contributed by atoms with E-state index in [2.05, 4.69) is 43.5 Å². The zero-order valence-corrected chi connectivity index (χ0v) is 13.7. The maximum atomic E-state index is 10.6. The van der Waals surface area contributed by atoms with Crippen LogP contribution in [-0.4, -0.2) is 27.9 Å². The molecule has 8 heteroatoms. The molecule has 7 nitrogen and oxygen atoms in total. The first-order chi connectivity index (χ1) is 11.1. The lowest BCUT2D eigenvalue weighted by atomic mass is 10.2. The number of hydrogen-bond acceptors (Lipinski definition) is 6. The van der Waals surface area contributed by atoms with Gasteiger partial charge < -0.3 is 4.90 Å². The van der Waals surface area contributed by atoms with Crippen LogP contribution in [0.1, 0.15) is 5.56 Å². The number of hydrogen-bond donors (Lipinski definition) is 1. The average molecular weight is 376 g/mol. The molecule has 0 aliphatic carbocycles. The highest BCUT2D eigenvalue weighted by molar-refractivity contribution is 9.10. The second-order valence-corrected chi connectivity index (χ2v) is 5.98. The van der Waals surface area contributed by atoms with Crippen molar-refractivity contribution in [3.63, 3.8) is 0 Å². The number of hydrazine groups is 1. The summed E-state index contributed by atoms with van der Waals surface area (Å²) in [6.45, 7) is 1.35. The predicted octanol–water partition coefficient (Wildman–Crippen LogP) is 3.40. The van der Waals surface area contributed by atoms with E-state index < -0.39 is 4.92 Å². The fraction of sp³-hybridized carbons (Fsp3) is 0.133. The lowest BCUT2D eigenvalue weighted by Crippen LogP contribution is -2.30. The molecule has 0 aromatic heterocycles. The molecule has 2 aromatic rings. The third kappa shape index (κ3) is 3.98. The number of benzene rings is 2. The van der Waals surface area contributed by atoms with Gasteiger partial charge in [0.2, 0.25) is 0 Å². The van der Waals surface area contributed by atoms with Gasteiger partial charge in [-0.2, -0.15) is 5.12 Å². The maximum absolute atomic E-state index is 10.6. The molecule has 0 bridgehead atoms. The van der Waals surface area contributed by atoms with Gasteiger partial charge in [-0.1, -0.05) is 28.1 Å². The Balaban J connectivity index is 1.54. The van der Waals surface area contributed by atoms with E-state index in [-0.39, 0.29) is 5.69 Å². The first kappa shape index (κ1) is 15.3. The van der Waals surface area contributed by atoms with Gasteiger partial charge in [0.1, 0.15) is 13.0 Å². The molecule has 0 fully saturated rings. The summed E-state index contributed by atoms with van der Waals surface area (Å²) in [4.78, 5) is 12.3. The number of anilines is 1. The fourth-order valence-corrected chi connectivity index (χ4v) is 2.43. The number of non-ortho nitro benzene ring substituents is 1. The summed E-state index contributed by atoms with van der Waals surface area (Å²) in [6, 6.07) is 14.4. The third-order valence-electron chi connectivity index (χ3n) is 3.31. The van der Waals surface area contributed by atoms with E-state index >= 15 is 0 Å². The second kappa shape index (κ2) is 6.66. The van der Waals surface area contributed by atoms with Crippen LogP contribution >= 0.6 is 15.9 Å². The third-order valence-corrected chi connectivity index (χ3v) is 3.83. The van der Waals surface area contributed by atoms with Crippen molar-refractivity contribution in [2.75, 3.05) is 12.1 Å². The largest absolute Gasteiger partial charge is 0.336 e. The Kier molecular flexibility index (Phi) is 4.42. The van der Waals surface area contributed by atoms with Gasteiger partial charge in [-0.25, -0.2) is 0 Å². The Hall–Kier alpha value is -2.61. The molecule has 0 amide bonds. The molecular weight excluding hydrogens is 362 g/mol. The minimum absolute atomic E-state index is 0.0670. The number of nitrogens with zero attached hydrogens (tertiary/aromatic N) is 4. The van der Waals surface area contributed by atoms with Gasteiger partial charge in [-0.3, -0.25) is 15.5 Å². The van der Waals surface area contributed by atoms with Crippen LogP contribution in [0.4, 0.5) is 11.4 Å². The van der Waals surface area contributed by atoms with Crippen LogP contribution in [0.15, 0.2) is 58.1 Å². The van der Waals surface area contributed by atoms with Gasteiger partial charge in [-0.05, 0) is 29.8 Å². The van der Waals surface area contributed by atoms with Gasteiger partial charge in [0.25, 0.3) is 5.69 Å². The minimum Gasteiger partial charge on any atom is -0.336 e. The molecule has 23 heavy (non-hydrogen) atoms. The van der Waals surface area contributed by atoms with Gasteiger partial charge in [0, 0.05) is 23.2 Å². The molecule has 118 valence electrons. The van der Waals surface area contributed by atoms with E-state index in [1.54, 1.807) is 23.6 Å². The normalized spacial score (nSPS) is 13.4. The summed E-state index contributed by atoms with van der Waals surface area (Å²) in [7, 11) is 0. The number of nitro groups is 1. The maximum Gasteiger partial charge on any atom is 0.269 e. The van der Waals surface area contributed by atoms with E-state index in [1.165, 1.54) is 17.7 Å². The first-order valence-electron chi connectivity index (χ1n) is 6.91. The molecule has 1 aliphatic heterocycles. The van der Waals surface area contributed by atoms with Crippen LogP contribution in [0.3, 0.4) is 0 Å². The lowest BCUT2D eigenvalue weighted by Gasteiger charge is -2.20. The quantitative estimate of drug-likeness (QED) is 0.640. The predicted molar refractivity (Wildman–Crippen MR) is 91.6 cm³/mol. The van der Waals surface area contributed by atoms with Crippen LogP contribution in [-0.2, 0) is 6.54 Å². The van der Waals surface area contributed by atoms with Crippen LogP contribution in [0.25, 0.3) is 0 Å². The molecule has 0 unspecified atom stereocenters. The number of hydrazone groups is 1. The second-order valence-electron chi connectivity index (χ2n) is 5.06. The van der Waals surface area contributed by atoms with Crippen molar-refractivity contribution in [3.8, 4) is 0 Å². The zero-order valence-electron chi connectivity index (χ0n) is 12.1. The van der Waals surface area contributed by atoms with E-state index in [9.17, 15) is 10.1 Å². The summed E-state index contributed by atoms with van der Waals surface area (Å²) >= 11 is 3.42. The first-order valence-corrected chi connectivity index (χ1v) is 7.71. The molecule has 0 spiro atoms. The highest BCUT2D eigenvalue weighted by atomic mass is 79.9. The Morgan fingerprint density at radius 2 is 1.87 bits per heavy atom. The van der Waals surface area contributed by atoms with Crippen molar-refractivity contribution in [2.24, 2.45) is 5.10 Å². The van der Waals surface area contributed by atoms with Crippen LogP contribution in [0, 0.1) is 10.1 Å². The molecular formula is C15H14BrN5O2. The van der Waals surface area contributed by atoms with Crippen molar-refractivity contribution < 1.29 is 4.92 Å². The molecule has 0 saturated heterocycles. The molecule has 1 N–H and O–H groups in total. The Labute approximate surface area is 141 Å². The summed E-state index contributed by atoms with van der Waals surface area (Å²) < 4.78 is 1.05. The smallest absolute Gasteiger partial charge is 0.269 e. The number of rotatable bonds is 5. The molecule has 0 atom stereocenters. The lowest BCUT2D eigenvalue weighted by molar-refractivity contribution is -0.384. The number of nitro benzene ring substituents is 1. The summed E-state index contributed by atoms with van der Waals surface area (Å²) in [5, 5.41) is 16.6. The van der Waals surface area contributed by atoms with Gasteiger partial charge in [0.05, 0.1) is 10.6 Å². The molecule has 1 aliphatic rings. The summed E-state index contributed by atoms with van der Waals surface area (Å²) in [6.07, 6.45) is 1.76. The molecule has 1 heterocycles. The van der Waals surface area contributed by atoms with Gasteiger partial charge >= 0.3 is 0 Å². The molecule has 2 aromatic carbocycles. The van der Waals surface area contributed by atoms with Crippen molar-refractivity contribution >= 4 is 33.6 Å². The highest BCUT2D eigenvalue weighted by Gasteiger charge is 2.14. The fourth-order valence-electron chi connectivity index (χ4n) is 2.17. The van der Waals surface area contributed by atoms with Crippen LogP contribution < -0.4 is 5.43 Å². The van der Waals surface area contributed by atoms with Crippen molar-refractivity contribution in [3.05, 3.63) is 68.7 Å². The van der Waals surface area contributed by atoms with Gasteiger partial charge in [0.15, 0.2) is 0 Å². The van der Waals surface area contributed by atoms with Gasteiger partial charge in [-0.15, -0.1) is 5.10 Å².